The van der Waals surface area contributed by atoms with Crippen LogP contribution >= 0.6 is 27.3 Å². The first-order chi connectivity index (χ1) is 7.74. The van der Waals surface area contributed by atoms with E-state index in [1.54, 1.807) is 11.3 Å². The van der Waals surface area contributed by atoms with Crippen molar-refractivity contribution in [1.82, 2.24) is 10.6 Å². The van der Waals surface area contributed by atoms with Crippen molar-refractivity contribution >= 4 is 33.2 Å². The summed E-state index contributed by atoms with van der Waals surface area (Å²) < 4.78 is 1.13. The van der Waals surface area contributed by atoms with Crippen molar-refractivity contribution in [3.8, 4) is 0 Å². The highest BCUT2D eigenvalue weighted by Crippen LogP contribution is 2.19. The number of amides is 1. The average molecular weight is 303 g/mol. The van der Waals surface area contributed by atoms with Gasteiger partial charge < -0.3 is 10.6 Å². The van der Waals surface area contributed by atoms with Gasteiger partial charge in [-0.05, 0) is 34.8 Å². The van der Waals surface area contributed by atoms with E-state index in [0.29, 0.717) is 12.5 Å². The van der Waals surface area contributed by atoms with Crippen LogP contribution in [0.15, 0.2) is 15.9 Å². The highest BCUT2D eigenvalue weighted by molar-refractivity contribution is 9.10. The summed E-state index contributed by atoms with van der Waals surface area (Å²) in [5.41, 5.74) is 0. The number of rotatable bonds is 6. The van der Waals surface area contributed by atoms with E-state index in [2.05, 4.69) is 38.0 Å². The lowest BCUT2D eigenvalue weighted by molar-refractivity contribution is -0.121. The van der Waals surface area contributed by atoms with Crippen LogP contribution in [0, 0.1) is 0 Å². The summed E-state index contributed by atoms with van der Waals surface area (Å²) in [6.07, 6.45) is 2.88. The van der Waals surface area contributed by atoms with Gasteiger partial charge in [0.05, 0.1) is 0 Å². The third-order valence-corrected chi connectivity index (χ3v) is 4.09. The molecule has 0 aromatic carbocycles. The van der Waals surface area contributed by atoms with Crippen molar-refractivity contribution in [3.05, 3.63) is 20.8 Å². The number of hydrogen-bond donors (Lipinski definition) is 2. The smallest absolute Gasteiger partial charge is 0.221 e. The van der Waals surface area contributed by atoms with E-state index < -0.39 is 0 Å². The maximum Gasteiger partial charge on any atom is 0.221 e. The Labute approximate surface area is 108 Å². The SMILES string of the molecule is O=C(CCNCc1cc(Br)cs1)NC1CC1. The Kier molecular flexibility index (Phi) is 4.37. The van der Waals surface area contributed by atoms with Crippen LogP contribution in [0.5, 0.6) is 0 Å². The van der Waals surface area contributed by atoms with Gasteiger partial charge in [-0.1, -0.05) is 0 Å². The Morgan fingerprint density at radius 2 is 2.38 bits per heavy atom. The molecule has 1 aromatic heterocycles. The van der Waals surface area contributed by atoms with Crippen molar-refractivity contribution in [1.29, 1.82) is 0 Å². The van der Waals surface area contributed by atoms with Crippen molar-refractivity contribution < 1.29 is 4.79 Å². The third-order valence-electron chi connectivity index (χ3n) is 2.39. The van der Waals surface area contributed by atoms with Gasteiger partial charge in [0.2, 0.25) is 5.91 Å². The topological polar surface area (TPSA) is 41.1 Å². The highest BCUT2D eigenvalue weighted by atomic mass is 79.9. The molecule has 1 fully saturated rings. The molecule has 0 saturated heterocycles. The highest BCUT2D eigenvalue weighted by Gasteiger charge is 2.22. The van der Waals surface area contributed by atoms with Gasteiger partial charge in [0.25, 0.3) is 0 Å². The molecule has 5 heteroatoms. The first-order valence-electron chi connectivity index (χ1n) is 5.47. The van der Waals surface area contributed by atoms with Crippen LogP contribution in [0.4, 0.5) is 0 Å². The first-order valence-corrected chi connectivity index (χ1v) is 7.14. The zero-order chi connectivity index (χ0) is 11.4. The number of thiophene rings is 1. The van der Waals surface area contributed by atoms with Gasteiger partial charge in [0.15, 0.2) is 0 Å². The van der Waals surface area contributed by atoms with Gasteiger partial charge in [-0.25, -0.2) is 0 Å². The van der Waals surface area contributed by atoms with Gasteiger partial charge in [0.1, 0.15) is 0 Å². The molecule has 0 spiro atoms. The maximum absolute atomic E-state index is 11.4. The zero-order valence-corrected chi connectivity index (χ0v) is 11.4. The fraction of sp³-hybridized carbons (Fsp3) is 0.545. The van der Waals surface area contributed by atoms with Gasteiger partial charge in [-0.15, -0.1) is 11.3 Å². The Bertz CT molecular complexity index is 363. The van der Waals surface area contributed by atoms with Crippen molar-refractivity contribution in [2.24, 2.45) is 0 Å². The first kappa shape index (κ1) is 12.1. The van der Waals surface area contributed by atoms with Gasteiger partial charge in [-0.2, -0.15) is 0 Å². The maximum atomic E-state index is 11.4. The second-order valence-corrected chi connectivity index (χ2v) is 5.91. The average Bonchev–Trinajstić information content (AvgIpc) is 2.95. The van der Waals surface area contributed by atoms with E-state index >= 15 is 0 Å². The summed E-state index contributed by atoms with van der Waals surface area (Å²) in [5, 5.41) is 8.31. The summed E-state index contributed by atoms with van der Waals surface area (Å²) in [6.45, 7) is 1.58. The molecule has 0 radical (unpaired) electrons. The van der Waals surface area contributed by atoms with E-state index in [-0.39, 0.29) is 5.91 Å². The summed E-state index contributed by atoms with van der Waals surface area (Å²) in [7, 11) is 0. The fourth-order valence-electron chi connectivity index (χ4n) is 1.39. The standard InChI is InChI=1S/C11H15BrN2OS/c12-8-5-10(16-7-8)6-13-4-3-11(15)14-9-1-2-9/h5,7,9,13H,1-4,6H2,(H,14,15). The van der Waals surface area contributed by atoms with E-state index in [9.17, 15) is 4.79 Å². The molecule has 3 nitrogen and oxygen atoms in total. The summed E-state index contributed by atoms with van der Waals surface area (Å²) in [4.78, 5) is 12.6. The van der Waals surface area contributed by atoms with E-state index in [1.165, 1.54) is 4.88 Å². The van der Waals surface area contributed by atoms with E-state index in [4.69, 9.17) is 0 Å². The monoisotopic (exact) mass is 302 g/mol. The Balaban J connectivity index is 1.55. The lowest BCUT2D eigenvalue weighted by atomic mass is 10.3. The normalized spacial score (nSPS) is 15.1. The molecular weight excluding hydrogens is 288 g/mol. The third kappa shape index (κ3) is 4.23. The zero-order valence-electron chi connectivity index (χ0n) is 8.96. The lowest BCUT2D eigenvalue weighted by Gasteiger charge is -2.04. The number of carbonyl (C=O) groups excluding carboxylic acids is 1. The molecule has 88 valence electrons. The van der Waals surface area contributed by atoms with Crippen LogP contribution in [0.2, 0.25) is 0 Å². The van der Waals surface area contributed by atoms with Crippen LogP contribution in [-0.4, -0.2) is 18.5 Å². The molecule has 1 heterocycles. The molecule has 1 saturated carbocycles. The Morgan fingerprint density at radius 3 is 3.00 bits per heavy atom. The van der Waals surface area contributed by atoms with Crippen LogP contribution in [0.25, 0.3) is 0 Å². The van der Waals surface area contributed by atoms with Crippen LogP contribution in [-0.2, 0) is 11.3 Å². The molecule has 1 aliphatic carbocycles. The van der Waals surface area contributed by atoms with Gasteiger partial charge in [0, 0.05) is 40.3 Å². The molecule has 0 aliphatic heterocycles. The molecule has 0 bridgehead atoms. The number of halogens is 1. The molecule has 1 aliphatic rings. The molecule has 2 N–H and O–H groups in total. The Morgan fingerprint density at radius 1 is 1.56 bits per heavy atom. The van der Waals surface area contributed by atoms with Crippen LogP contribution in [0.3, 0.4) is 0 Å². The largest absolute Gasteiger partial charge is 0.353 e. The molecule has 2 rings (SSSR count). The predicted molar refractivity (Wildman–Crippen MR) is 69.5 cm³/mol. The van der Waals surface area contributed by atoms with Crippen molar-refractivity contribution in [2.75, 3.05) is 6.54 Å². The molecule has 16 heavy (non-hydrogen) atoms. The fourth-order valence-corrected chi connectivity index (χ4v) is 2.81. The van der Waals surface area contributed by atoms with E-state index in [1.807, 2.05) is 0 Å². The Hall–Kier alpha value is -0.390. The molecule has 1 aromatic rings. The minimum atomic E-state index is 0.169. The molecule has 0 unspecified atom stereocenters. The van der Waals surface area contributed by atoms with E-state index in [0.717, 1.165) is 30.4 Å². The van der Waals surface area contributed by atoms with Gasteiger partial charge in [-0.3, -0.25) is 4.79 Å². The minimum Gasteiger partial charge on any atom is -0.353 e. The van der Waals surface area contributed by atoms with Crippen molar-refractivity contribution in [3.63, 3.8) is 0 Å². The quantitative estimate of drug-likeness (QED) is 0.792. The number of nitrogens with one attached hydrogen (secondary N) is 2. The minimum absolute atomic E-state index is 0.169. The van der Waals surface area contributed by atoms with Crippen LogP contribution in [0.1, 0.15) is 24.1 Å². The predicted octanol–water partition coefficient (Wildman–Crippen LogP) is 2.27. The lowest BCUT2D eigenvalue weighted by Crippen LogP contribution is -2.28. The number of hydrogen-bond acceptors (Lipinski definition) is 3. The van der Waals surface area contributed by atoms with Gasteiger partial charge >= 0.3 is 0 Å². The molecule has 1 amide bonds. The van der Waals surface area contributed by atoms with Crippen LogP contribution < -0.4 is 10.6 Å². The summed E-state index contributed by atoms with van der Waals surface area (Å²) >= 11 is 5.14. The second-order valence-electron chi connectivity index (χ2n) is 4.00. The summed E-state index contributed by atoms with van der Waals surface area (Å²) in [6, 6.07) is 2.57. The molecule has 0 atom stereocenters. The van der Waals surface area contributed by atoms with Crippen molar-refractivity contribution in [2.45, 2.75) is 31.8 Å². The number of carbonyl (C=O) groups is 1. The molecular formula is C11H15BrN2OS. The second kappa shape index (κ2) is 5.80. The summed E-state index contributed by atoms with van der Waals surface area (Å²) in [5.74, 6) is 0.169.